The van der Waals surface area contributed by atoms with E-state index in [4.69, 9.17) is 4.74 Å². The molecule has 26 heavy (non-hydrogen) atoms. The average Bonchev–Trinajstić information content (AvgIpc) is 3.09. The first kappa shape index (κ1) is 17.5. The van der Waals surface area contributed by atoms with Crippen molar-refractivity contribution in [1.29, 1.82) is 0 Å². The number of nitrogens with one attached hydrogen (secondary N) is 2. The Balaban J connectivity index is 1.51. The van der Waals surface area contributed by atoms with Gasteiger partial charge in [0.15, 0.2) is 0 Å². The number of anilines is 1. The van der Waals surface area contributed by atoms with Gasteiger partial charge in [-0.3, -0.25) is 9.67 Å². The van der Waals surface area contributed by atoms with Gasteiger partial charge in [0.25, 0.3) is 0 Å². The molecule has 0 atom stereocenters. The SMILES string of the molecule is CCOc1ccc(NC(=O)NCc2ccc(-c3cnn(C)c3)nc2)cc1. The molecule has 0 radical (unpaired) electrons. The van der Waals surface area contributed by atoms with Gasteiger partial charge in [-0.2, -0.15) is 5.10 Å². The standard InChI is InChI=1S/C19H21N5O2/c1-3-26-17-7-5-16(6-8-17)23-19(25)21-11-14-4-9-18(20-10-14)15-12-22-24(2)13-15/h4-10,12-13H,3,11H2,1-2H3,(H2,21,23,25). The minimum atomic E-state index is -0.273. The number of rotatable bonds is 6. The van der Waals surface area contributed by atoms with Crippen molar-refractivity contribution in [2.24, 2.45) is 7.05 Å². The molecule has 3 rings (SSSR count). The highest BCUT2D eigenvalue weighted by Crippen LogP contribution is 2.16. The van der Waals surface area contributed by atoms with Crippen LogP contribution in [-0.2, 0) is 13.6 Å². The maximum Gasteiger partial charge on any atom is 0.319 e. The molecule has 7 nitrogen and oxygen atoms in total. The lowest BCUT2D eigenvalue weighted by molar-refractivity contribution is 0.251. The summed E-state index contributed by atoms with van der Waals surface area (Å²) in [5, 5.41) is 9.73. The Bertz CT molecular complexity index is 856. The molecule has 0 saturated heterocycles. The van der Waals surface area contributed by atoms with Crippen LogP contribution in [0.25, 0.3) is 11.3 Å². The van der Waals surface area contributed by atoms with Crippen molar-refractivity contribution < 1.29 is 9.53 Å². The zero-order valence-electron chi connectivity index (χ0n) is 14.8. The summed E-state index contributed by atoms with van der Waals surface area (Å²) in [5.41, 5.74) is 3.43. The van der Waals surface area contributed by atoms with E-state index in [0.29, 0.717) is 18.8 Å². The molecule has 1 aromatic carbocycles. The molecule has 2 heterocycles. The molecular weight excluding hydrogens is 330 g/mol. The van der Waals surface area contributed by atoms with E-state index in [2.05, 4.69) is 20.7 Å². The van der Waals surface area contributed by atoms with Crippen LogP contribution < -0.4 is 15.4 Å². The van der Waals surface area contributed by atoms with Crippen LogP contribution in [0.3, 0.4) is 0 Å². The number of aryl methyl sites for hydroxylation is 1. The molecule has 0 aliphatic rings. The summed E-state index contributed by atoms with van der Waals surface area (Å²) in [7, 11) is 1.87. The summed E-state index contributed by atoms with van der Waals surface area (Å²) in [6.07, 6.45) is 5.43. The van der Waals surface area contributed by atoms with Crippen molar-refractivity contribution in [1.82, 2.24) is 20.1 Å². The van der Waals surface area contributed by atoms with Gasteiger partial charge in [0.2, 0.25) is 0 Å². The quantitative estimate of drug-likeness (QED) is 0.714. The van der Waals surface area contributed by atoms with Crippen molar-refractivity contribution in [3.05, 3.63) is 60.6 Å². The molecule has 0 aliphatic heterocycles. The van der Waals surface area contributed by atoms with Gasteiger partial charge in [0.1, 0.15) is 5.75 Å². The number of carbonyl (C=O) groups excluding carboxylic acids is 1. The zero-order chi connectivity index (χ0) is 18.4. The monoisotopic (exact) mass is 351 g/mol. The Morgan fingerprint density at radius 3 is 2.58 bits per heavy atom. The zero-order valence-corrected chi connectivity index (χ0v) is 14.8. The van der Waals surface area contributed by atoms with Crippen molar-refractivity contribution in [2.45, 2.75) is 13.5 Å². The highest BCUT2D eigenvalue weighted by Gasteiger charge is 2.05. The third kappa shape index (κ3) is 4.60. The molecule has 0 bridgehead atoms. The Kier molecular flexibility index (Phi) is 5.48. The van der Waals surface area contributed by atoms with Crippen LogP contribution in [0.2, 0.25) is 0 Å². The smallest absolute Gasteiger partial charge is 0.319 e. The van der Waals surface area contributed by atoms with E-state index < -0.39 is 0 Å². The normalized spacial score (nSPS) is 10.4. The molecular formula is C19H21N5O2. The van der Waals surface area contributed by atoms with Gasteiger partial charge in [-0.15, -0.1) is 0 Å². The van der Waals surface area contributed by atoms with Gasteiger partial charge < -0.3 is 15.4 Å². The number of nitrogens with zero attached hydrogens (tertiary/aromatic N) is 3. The highest BCUT2D eigenvalue weighted by molar-refractivity contribution is 5.89. The summed E-state index contributed by atoms with van der Waals surface area (Å²) in [4.78, 5) is 16.4. The minimum Gasteiger partial charge on any atom is -0.494 e. The minimum absolute atomic E-state index is 0.273. The van der Waals surface area contributed by atoms with Gasteiger partial charge in [0, 0.05) is 37.2 Å². The van der Waals surface area contributed by atoms with Crippen molar-refractivity contribution in [2.75, 3.05) is 11.9 Å². The van der Waals surface area contributed by atoms with Gasteiger partial charge in [0.05, 0.1) is 18.5 Å². The second-order valence-corrected chi connectivity index (χ2v) is 5.72. The van der Waals surface area contributed by atoms with Crippen molar-refractivity contribution >= 4 is 11.7 Å². The first-order chi connectivity index (χ1) is 12.6. The maximum atomic E-state index is 12.0. The molecule has 0 spiro atoms. The van der Waals surface area contributed by atoms with Crippen LogP contribution in [-0.4, -0.2) is 27.4 Å². The topological polar surface area (TPSA) is 81.1 Å². The number of amides is 2. The Labute approximate surface area is 152 Å². The van der Waals surface area contributed by atoms with Gasteiger partial charge in [-0.05, 0) is 42.8 Å². The van der Waals surface area contributed by atoms with E-state index in [-0.39, 0.29) is 6.03 Å². The number of hydrogen-bond acceptors (Lipinski definition) is 4. The van der Waals surface area contributed by atoms with Crippen molar-refractivity contribution in [3.63, 3.8) is 0 Å². The number of benzene rings is 1. The van der Waals surface area contributed by atoms with Crippen LogP contribution in [0.4, 0.5) is 10.5 Å². The van der Waals surface area contributed by atoms with Crippen LogP contribution in [0, 0.1) is 0 Å². The summed E-state index contributed by atoms with van der Waals surface area (Å²) >= 11 is 0. The lowest BCUT2D eigenvalue weighted by Crippen LogP contribution is -2.28. The fourth-order valence-corrected chi connectivity index (χ4v) is 2.41. The number of aromatic nitrogens is 3. The van der Waals surface area contributed by atoms with Crippen LogP contribution in [0.15, 0.2) is 55.0 Å². The third-order valence-electron chi connectivity index (χ3n) is 3.70. The molecule has 2 N–H and O–H groups in total. The fraction of sp³-hybridized carbons (Fsp3) is 0.211. The third-order valence-corrected chi connectivity index (χ3v) is 3.70. The first-order valence-corrected chi connectivity index (χ1v) is 8.35. The molecule has 0 fully saturated rings. The number of ether oxygens (including phenoxy) is 1. The van der Waals surface area contributed by atoms with E-state index in [1.165, 1.54) is 0 Å². The van der Waals surface area contributed by atoms with Gasteiger partial charge in [-0.25, -0.2) is 4.79 Å². The first-order valence-electron chi connectivity index (χ1n) is 8.35. The molecule has 134 valence electrons. The predicted octanol–water partition coefficient (Wildman–Crippen LogP) is 3.20. The van der Waals surface area contributed by atoms with E-state index in [1.54, 1.807) is 29.2 Å². The fourth-order valence-electron chi connectivity index (χ4n) is 2.41. The second-order valence-electron chi connectivity index (χ2n) is 5.72. The van der Waals surface area contributed by atoms with Gasteiger partial charge in [-0.1, -0.05) is 6.07 Å². The van der Waals surface area contributed by atoms with Gasteiger partial charge >= 0.3 is 6.03 Å². The molecule has 0 saturated carbocycles. The molecule has 2 amide bonds. The van der Waals surface area contributed by atoms with Crippen LogP contribution in [0.5, 0.6) is 5.75 Å². The Morgan fingerprint density at radius 2 is 1.96 bits per heavy atom. The maximum absolute atomic E-state index is 12.0. The van der Waals surface area contributed by atoms with E-state index in [1.807, 2.05) is 44.4 Å². The summed E-state index contributed by atoms with van der Waals surface area (Å²) in [6, 6.07) is 10.8. The highest BCUT2D eigenvalue weighted by atomic mass is 16.5. The van der Waals surface area contributed by atoms with Crippen LogP contribution >= 0.6 is 0 Å². The Hall–Kier alpha value is -3.35. The van der Waals surface area contributed by atoms with E-state index in [0.717, 1.165) is 22.6 Å². The van der Waals surface area contributed by atoms with Crippen molar-refractivity contribution in [3.8, 4) is 17.0 Å². The molecule has 0 unspecified atom stereocenters. The molecule has 0 aliphatic carbocycles. The average molecular weight is 351 g/mol. The molecule has 7 heteroatoms. The lowest BCUT2D eigenvalue weighted by atomic mass is 10.2. The Morgan fingerprint density at radius 1 is 1.15 bits per heavy atom. The number of urea groups is 1. The number of pyridine rings is 1. The summed E-state index contributed by atoms with van der Waals surface area (Å²) in [6.45, 7) is 2.93. The molecule has 3 aromatic rings. The van der Waals surface area contributed by atoms with Crippen LogP contribution in [0.1, 0.15) is 12.5 Å². The second kappa shape index (κ2) is 8.15. The lowest BCUT2D eigenvalue weighted by Gasteiger charge is -2.09. The van der Waals surface area contributed by atoms with E-state index in [9.17, 15) is 4.79 Å². The molecule has 2 aromatic heterocycles. The number of hydrogen-bond donors (Lipinski definition) is 2. The number of carbonyl (C=O) groups is 1. The summed E-state index contributed by atoms with van der Waals surface area (Å²) < 4.78 is 7.11. The summed E-state index contributed by atoms with van der Waals surface area (Å²) in [5.74, 6) is 0.776. The predicted molar refractivity (Wildman–Crippen MR) is 99.9 cm³/mol. The van der Waals surface area contributed by atoms with E-state index >= 15 is 0 Å². The largest absolute Gasteiger partial charge is 0.494 e.